The van der Waals surface area contributed by atoms with E-state index < -0.39 is 9.84 Å². The van der Waals surface area contributed by atoms with E-state index in [0.29, 0.717) is 24.9 Å². The van der Waals surface area contributed by atoms with Crippen molar-refractivity contribution >= 4 is 27.4 Å². The number of guanidine groups is 1. The molecule has 0 radical (unpaired) electrons. The Bertz CT molecular complexity index is 758. The molecular weight excluding hydrogens is 370 g/mol. The minimum absolute atomic E-state index is 0.174. The predicted octanol–water partition coefficient (Wildman–Crippen LogP) is 3.06. The number of rotatable bonds is 5. The Labute approximate surface area is 161 Å². The number of aliphatic imine (C=N–C) groups is 1. The summed E-state index contributed by atoms with van der Waals surface area (Å²) in [6, 6.07) is 6.42. The van der Waals surface area contributed by atoms with Crippen LogP contribution in [-0.2, 0) is 16.4 Å². The molecule has 26 heavy (non-hydrogen) atoms. The minimum atomic E-state index is -2.84. The summed E-state index contributed by atoms with van der Waals surface area (Å²) in [5.74, 6) is 1.56. The fourth-order valence-corrected chi connectivity index (χ4v) is 5.64. The van der Waals surface area contributed by atoms with Gasteiger partial charge in [0.2, 0.25) is 0 Å². The first-order valence-electron chi connectivity index (χ1n) is 9.41. The fraction of sp³-hybridized carbons (Fsp3) is 0.632. The molecule has 144 valence electrons. The molecule has 2 aliphatic rings. The van der Waals surface area contributed by atoms with E-state index in [4.69, 9.17) is 16.6 Å². The van der Waals surface area contributed by atoms with Gasteiger partial charge < -0.3 is 10.6 Å². The van der Waals surface area contributed by atoms with E-state index in [1.165, 1.54) is 25.7 Å². The SMILES string of the molecule is Cc1cc(CN=C(NCC2CCS(=O)(=O)C2)NC2CCCC2)ccc1Cl. The molecule has 0 spiro atoms. The largest absolute Gasteiger partial charge is 0.356 e. The number of nitrogens with zero attached hydrogens (tertiary/aromatic N) is 1. The van der Waals surface area contributed by atoms with Crippen molar-refractivity contribution in [3.8, 4) is 0 Å². The van der Waals surface area contributed by atoms with Gasteiger partial charge in [-0.1, -0.05) is 36.6 Å². The molecule has 0 bridgehead atoms. The molecule has 2 N–H and O–H groups in total. The van der Waals surface area contributed by atoms with Crippen molar-refractivity contribution in [2.24, 2.45) is 10.9 Å². The average Bonchev–Trinajstić information content (AvgIpc) is 3.22. The van der Waals surface area contributed by atoms with Crippen molar-refractivity contribution in [1.82, 2.24) is 10.6 Å². The van der Waals surface area contributed by atoms with Crippen molar-refractivity contribution in [1.29, 1.82) is 0 Å². The molecule has 1 saturated heterocycles. The molecule has 1 aliphatic heterocycles. The summed E-state index contributed by atoms with van der Waals surface area (Å²) >= 11 is 6.09. The molecule has 0 amide bonds. The second-order valence-corrected chi connectivity index (χ2v) is 10.2. The van der Waals surface area contributed by atoms with Crippen LogP contribution in [0.3, 0.4) is 0 Å². The summed E-state index contributed by atoms with van der Waals surface area (Å²) < 4.78 is 23.3. The first-order valence-corrected chi connectivity index (χ1v) is 11.6. The highest BCUT2D eigenvalue weighted by Crippen LogP contribution is 2.19. The normalized spacial score (nSPS) is 23.3. The molecule has 2 fully saturated rings. The lowest BCUT2D eigenvalue weighted by Crippen LogP contribution is -2.44. The highest BCUT2D eigenvalue weighted by atomic mass is 35.5. The summed E-state index contributed by atoms with van der Waals surface area (Å²) in [7, 11) is -2.84. The molecule has 1 aromatic rings. The van der Waals surface area contributed by atoms with Gasteiger partial charge in [0.15, 0.2) is 15.8 Å². The number of halogens is 1. The molecule has 5 nitrogen and oxygen atoms in total. The molecule has 1 heterocycles. The maximum Gasteiger partial charge on any atom is 0.191 e. The van der Waals surface area contributed by atoms with E-state index in [1.54, 1.807) is 0 Å². The first-order chi connectivity index (χ1) is 12.4. The summed E-state index contributed by atoms with van der Waals surface area (Å²) in [5, 5.41) is 7.66. The monoisotopic (exact) mass is 397 g/mol. The Hall–Kier alpha value is -1.27. The maximum atomic E-state index is 11.7. The van der Waals surface area contributed by atoms with Crippen molar-refractivity contribution in [3.05, 3.63) is 34.3 Å². The standard InChI is InChI=1S/C19H28ClN3O2S/c1-14-10-15(6-7-18(14)20)11-21-19(23-17-4-2-3-5-17)22-12-16-8-9-26(24,25)13-16/h6-7,10,16-17H,2-5,8-9,11-13H2,1H3,(H2,21,22,23). The lowest BCUT2D eigenvalue weighted by atomic mass is 10.1. The molecule has 1 unspecified atom stereocenters. The second kappa shape index (κ2) is 8.61. The van der Waals surface area contributed by atoms with Crippen molar-refractivity contribution in [2.75, 3.05) is 18.1 Å². The van der Waals surface area contributed by atoms with Gasteiger partial charge >= 0.3 is 0 Å². The molecule has 1 aliphatic carbocycles. The molecule has 7 heteroatoms. The van der Waals surface area contributed by atoms with Crippen molar-refractivity contribution < 1.29 is 8.42 Å². The summed E-state index contributed by atoms with van der Waals surface area (Å²) in [6.07, 6.45) is 5.57. The first kappa shape index (κ1) is 19.5. The van der Waals surface area contributed by atoms with E-state index in [1.807, 2.05) is 19.1 Å². The quantitative estimate of drug-likeness (QED) is 0.591. The van der Waals surface area contributed by atoms with Crippen LogP contribution in [0.4, 0.5) is 0 Å². The number of nitrogens with one attached hydrogen (secondary N) is 2. The van der Waals surface area contributed by atoms with Crippen LogP contribution in [0.2, 0.25) is 5.02 Å². The van der Waals surface area contributed by atoms with Crippen molar-refractivity contribution in [2.45, 2.75) is 51.6 Å². The van der Waals surface area contributed by atoms with Crippen molar-refractivity contribution in [3.63, 3.8) is 0 Å². The van der Waals surface area contributed by atoms with E-state index in [-0.39, 0.29) is 11.7 Å². The van der Waals surface area contributed by atoms with Crippen LogP contribution in [0.25, 0.3) is 0 Å². The summed E-state index contributed by atoms with van der Waals surface area (Å²) in [5.41, 5.74) is 2.16. The molecular formula is C19H28ClN3O2S. The number of sulfone groups is 1. The van der Waals surface area contributed by atoms with Gasteiger partial charge in [-0.2, -0.15) is 0 Å². The van der Waals surface area contributed by atoms with Gasteiger partial charge in [-0.3, -0.25) is 0 Å². The van der Waals surface area contributed by atoms with Gasteiger partial charge in [-0.25, -0.2) is 13.4 Å². The zero-order valence-electron chi connectivity index (χ0n) is 15.3. The number of benzene rings is 1. The van der Waals surface area contributed by atoms with Crippen LogP contribution in [-0.4, -0.2) is 38.5 Å². The zero-order chi connectivity index (χ0) is 18.6. The number of aryl methyl sites for hydroxylation is 1. The van der Waals surface area contributed by atoms with Crippen LogP contribution in [0, 0.1) is 12.8 Å². The number of hydrogen-bond donors (Lipinski definition) is 2. The van der Waals surface area contributed by atoms with Gasteiger partial charge in [0.05, 0.1) is 18.1 Å². The predicted molar refractivity (Wildman–Crippen MR) is 107 cm³/mol. The summed E-state index contributed by atoms with van der Waals surface area (Å²) in [6.45, 7) is 3.21. The van der Waals surface area contributed by atoms with E-state index in [2.05, 4.69) is 16.7 Å². The Morgan fingerprint density at radius 2 is 2.04 bits per heavy atom. The minimum Gasteiger partial charge on any atom is -0.356 e. The average molecular weight is 398 g/mol. The Morgan fingerprint density at radius 1 is 1.27 bits per heavy atom. The van der Waals surface area contributed by atoms with E-state index in [0.717, 1.165) is 28.5 Å². The van der Waals surface area contributed by atoms with E-state index in [9.17, 15) is 8.42 Å². The zero-order valence-corrected chi connectivity index (χ0v) is 16.9. The number of hydrogen-bond acceptors (Lipinski definition) is 3. The lowest BCUT2D eigenvalue weighted by molar-refractivity contribution is 0.553. The van der Waals surface area contributed by atoms with Gasteiger partial charge in [0.25, 0.3) is 0 Å². The highest BCUT2D eigenvalue weighted by molar-refractivity contribution is 7.91. The molecule has 1 atom stereocenters. The topological polar surface area (TPSA) is 70.6 Å². The second-order valence-electron chi connectivity index (χ2n) is 7.52. The van der Waals surface area contributed by atoms with Gasteiger partial charge in [-0.05, 0) is 49.3 Å². The molecule has 1 aromatic carbocycles. The van der Waals surface area contributed by atoms with Crippen LogP contribution in [0.1, 0.15) is 43.2 Å². The Balaban J connectivity index is 1.62. The Morgan fingerprint density at radius 3 is 2.69 bits per heavy atom. The lowest BCUT2D eigenvalue weighted by Gasteiger charge is -2.19. The maximum absolute atomic E-state index is 11.7. The Kier molecular flexibility index (Phi) is 6.46. The van der Waals surface area contributed by atoms with E-state index >= 15 is 0 Å². The molecule has 3 rings (SSSR count). The molecule has 1 saturated carbocycles. The van der Waals surface area contributed by atoms with Crippen LogP contribution in [0.15, 0.2) is 23.2 Å². The van der Waals surface area contributed by atoms with Crippen LogP contribution < -0.4 is 10.6 Å². The highest BCUT2D eigenvalue weighted by Gasteiger charge is 2.28. The third-order valence-electron chi connectivity index (χ3n) is 5.22. The molecule has 0 aromatic heterocycles. The van der Waals surface area contributed by atoms with Crippen LogP contribution in [0.5, 0.6) is 0 Å². The van der Waals surface area contributed by atoms with Crippen LogP contribution >= 0.6 is 11.6 Å². The third-order valence-corrected chi connectivity index (χ3v) is 7.48. The summed E-state index contributed by atoms with van der Waals surface area (Å²) in [4.78, 5) is 4.73. The fourth-order valence-electron chi connectivity index (χ4n) is 3.67. The third kappa shape index (κ3) is 5.61. The smallest absolute Gasteiger partial charge is 0.191 e. The van der Waals surface area contributed by atoms with Gasteiger partial charge in [-0.15, -0.1) is 0 Å². The van der Waals surface area contributed by atoms with Gasteiger partial charge in [0.1, 0.15) is 0 Å². The van der Waals surface area contributed by atoms with Gasteiger partial charge in [0, 0.05) is 17.6 Å².